The van der Waals surface area contributed by atoms with Crippen LogP contribution >= 0.6 is 15.9 Å². The summed E-state index contributed by atoms with van der Waals surface area (Å²) in [7, 11) is 1.80. The molecule has 0 aliphatic rings. The number of amides is 1. The number of hydrogen-bond donors (Lipinski definition) is 0. The highest BCUT2D eigenvalue weighted by Crippen LogP contribution is 2.18. The van der Waals surface area contributed by atoms with Crippen molar-refractivity contribution in [2.24, 2.45) is 0 Å². The van der Waals surface area contributed by atoms with Gasteiger partial charge in [0.25, 0.3) is 5.91 Å². The standard InChI is InChI=1S/C14H17BrN2O2/c1-3-5-17-9-12(15)7-13(17)14(18)16(2)8-11-4-6-19-10-11/h4,6-7,9-10H,3,5,8H2,1-2H3. The summed E-state index contributed by atoms with van der Waals surface area (Å²) >= 11 is 3.42. The van der Waals surface area contributed by atoms with Crippen LogP contribution in [0.3, 0.4) is 0 Å². The predicted molar refractivity (Wildman–Crippen MR) is 76.9 cm³/mol. The second-order valence-corrected chi connectivity index (χ2v) is 5.45. The van der Waals surface area contributed by atoms with Gasteiger partial charge in [0.05, 0.1) is 12.5 Å². The van der Waals surface area contributed by atoms with Crippen LogP contribution in [0.15, 0.2) is 39.7 Å². The fraction of sp³-hybridized carbons (Fsp3) is 0.357. The van der Waals surface area contributed by atoms with Gasteiger partial charge in [-0.2, -0.15) is 0 Å². The molecule has 0 aromatic carbocycles. The molecule has 0 aliphatic heterocycles. The highest BCUT2D eigenvalue weighted by molar-refractivity contribution is 9.10. The molecular weight excluding hydrogens is 308 g/mol. The highest BCUT2D eigenvalue weighted by atomic mass is 79.9. The Hall–Kier alpha value is -1.49. The zero-order valence-electron chi connectivity index (χ0n) is 11.1. The van der Waals surface area contributed by atoms with E-state index in [0.717, 1.165) is 23.0 Å². The first kappa shape index (κ1) is 13.9. The minimum atomic E-state index is 0.0142. The molecule has 2 rings (SSSR count). The van der Waals surface area contributed by atoms with E-state index in [2.05, 4.69) is 22.9 Å². The Kier molecular flexibility index (Phi) is 4.47. The molecule has 2 heterocycles. The lowest BCUT2D eigenvalue weighted by Gasteiger charge is -2.17. The molecule has 2 aromatic rings. The van der Waals surface area contributed by atoms with Crippen molar-refractivity contribution in [2.45, 2.75) is 26.4 Å². The minimum Gasteiger partial charge on any atom is -0.472 e. The molecule has 5 heteroatoms. The van der Waals surface area contributed by atoms with Gasteiger partial charge in [0, 0.05) is 36.4 Å². The van der Waals surface area contributed by atoms with Crippen molar-refractivity contribution in [3.05, 3.63) is 46.6 Å². The van der Waals surface area contributed by atoms with Crippen molar-refractivity contribution in [1.29, 1.82) is 0 Å². The Morgan fingerprint density at radius 2 is 2.32 bits per heavy atom. The van der Waals surface area contributed by atoms with Gasteiger partial charge >= 0.3 is 0 Å². The van der Waals surface area contributed by atoms with Crippen molar-refractivity contribution in [2.75, 3.05) is 7.05 Å². The van der Waals surface area contributed by atoms with Crippen molar-refractivity contribution < 1.29 is 9.21 Å². The molecule has 0 bridgehead atoms. The second-order valence-electron chi connectivity index (χ2n) is 4.53. The van der Waals surface area contributed by atoms with E-state index in [1.165, 1.54) is 0 Å². The van der Waals surface area contributed by atoms with E-state index in [1.54, 1.807) is 24.5 Å². The first-order chi connectivity index (χ1) is 9.11. The van der Waals surface area contributed by atoms with Gasteiger partial charge in [-0.25, -0.2) is 0 Å². The van der Waals surface area contributed by atoms with Crippen LogP contribution in [0.2, 0.25) is 0 Å². The van der Waals surface area contributed by atoms with Gasteiger partial charge in [-0.15, -0.1) is 0 Å². The molecule has 0 unspecified atom stereocenters. The Morgan fingerprint density at radius 3 is 2.95 bits per heavy atom. The number of hydrogen-bond acceptors (Lipinski definition) is 2. The average molecular weight is 325 g/mol. The van der Waals surface area contributed by atoms with Gasteiger partial charge < -0.3 is 13.9 Å². The van der Waals surface area contributed by atoms with E-state index in [-0.39, 0.29) is 5.91 Å². The van der Waals surface area contributed by atoms with Gasteiger partial charge in [0.15, 0.2) is 0 Å². The molecule has 4 nitrogen and oxygen atoms in total. The molecule has 0 saturated carbocycles. The number of aromatic nitrogens is 1. The molecular formula is C14H17BrN2O2. The van der Waals surface area contributed by atoms with Crippen LogP contribution in [0.5, 0.6) is 0 Å². The summed E-state index contributed by atoms with van der Waals surface area (Å²) in [4.78, 5) is 14.1. The summed E-state index contributed by atoms with van der Waals surface area (Å²) in [5, 5.41) is 0. The third-order valence-electron chi connectivity index (χ3n) is 2.89. The predicted octanol–water partition coefficient (Wildman–Crippen LogP) is 3.53. The van der Waals surface area contributed by atoms with Gasteiger partial charge in [0.1, 0.15) is 5.69 Å². The summed E-state index contributed by atoms with van der Waals surface area (Å²) in [5.41, 5.74) is 1.70. The fourth-order valence-corrected chi connectivity index (χ4v) is 2.47. The summed E-state index contributed by atoms with van der Waals surface area (Å²) in [6.45, 7) is 3.48. The van der Waals surface area contributed by atoms with Crippen LogP contribution in [0.4, 0.5) is 0 Å². The largest absolute Gasteiger partial charge is 0.472 e. The molecule has 1 amide bonds. The molecule has 0 aliphatic carbocycles. The van der Waals surface area contributed by atoms with E-state index < -0.39 is 0 Å². The summed E-state index contributed by atoms with van der Waals surface area (Å²) < 4.78 is 7.93. The Balaban J connectivity index is 2.14. The zero-order valence-corrected chi connectivity index (χ0v) is 12.7. The fourth-order valence-electron chi connectivity index (χ4n) is 2.00. The normalized spacial score (nSPS) is 10.7. The van der Waals surface area contributed by atoms with E-state index in [1.807, 2.05) is 22.9 Å². The van der Waals surface area contributed by atoms with Crippen molar-refractivity contribution in [3.8, 4) is 0 Å². The lowest BCUT2D eigenvalue weighted by atomic mass is 10.3. The number of carbonyl (C=O) groups excluding carboxylic acids is 1. The Labute approximate surface area is 121 Å². The van der Waals surface area contributed by atoms with Crippen LogP contribution in [0.1, 0.15) is 29.4 Å². The quantitative estimate of drug-likeness (QED) is 0.843. The molecule has 102 valence electrons. The van der Waals surface area contributed by atoms with Gasteiger partial charge in [0.2, 0.25) is 0 Å². The molecule has 0 atom stereocenters. The topological polar surface area (TPSA) is 38.4 Å². The van der Waals surface area contributed by atoms with Crippen LogP contribution in [0.25, 0.3) is 0 Å². The lowest BCUT2D eigenvalue weighted by molar-refractivity contribution is 0.0774. The van der Waals surface area contributed by atoms with Gasteiger partial charge in [-0.3, -0.25) is 4.79 Å². The van der Waals surface area contributed by atoms with E-state index in [9.17, 15) is 4.79 Å². The maximum absolute atomic E-state index is 12.4. The molecule has 0 fully saturated rings. The van der Waals surface area contributed by atoms with E-state index >= 15 is 0 Å². The SMILES string of the molecule is CCCn1cc(Br)cc1C(=O)N(C)Cc1ccoc1. The van der Waals surface area contributed by atoms with Crippen molar-refractivity contribution in [1.82, 2.24) is 9.47 Å². The monoisotopic (exact) mass is 324 g/mol. The molecule has 0 saturated heterocycles. The summed E-state index contributed by atoms with van der Waals surface area (Å²) in [6.07, 6.45) is 6.21. The third-order valence-corrected chi connectivity index (χ3v) is 3.33. The molecule has 2 aromatic heterocycles. The smallest absolute Gasteiger partial charge is 0.270 e. The molecule has 0 N–H and O–H groups in total. The Bertz CT molecular complexity index is 546. The van der Waals surface area contributed by atoms with Gasteiger partial charge in [-0.05, 0) is 34.5 Å². The average Bonchev–Trinajstić information content (AvgIpc) is 2.98. The van der Waals surface area contributed by atoms with E-state index in [4.69, 9.17) is 4.42 Å². The third kappa shape index (κ3) is 3.29. The van der Waals surface area contributed by atoms with Crippen LogP contribution in [0, 0.1) is 0 Å². The molecule has 19 heavy (non-hydrogen) atoms. The van der Waals surface area contributed by atoms with Crippen LogP contribution in [-0.2, 0) is 13.1 Å². The summed E-state index contributed by atoms with van der Waals surface area (Å²) in [5.74, 6) is 0.0142. The number of halogens is 1. The first-order valence-corrected chi connectivity index (χ1v) is 7.03. The second kappa shape index (κ2) is 6.10. The number of carbonyl (C=O) groups is 1. The number of rotatable bonds is 5. The number of furan rings is 1. The summed E-state index contributed by atoms with van der Waals surface area (Å²) in [6, 6.07) is 3.73. The lowest BCUT2D eigenvalue weighted by Crippen LogP contribution is -2.28. The number of aryl methyl sites for hydroxylation is 1. The minimum absolute atomic E-state index is 0.0142. The highest BCUT2D eigenvalue weighted by Gasteiger charge is 2.17. The number of nitrogens with zero attached hydrogens (tertiary/aromatic N) is 2. The molecule has 0 spiro atoms. The van der Waals surface area contributed by atoms with Crippen molar-refractivity contribution in [3.63, 3.8) is 0 Å². The van der Waals surface area contributed by atoms with Crippen LogP contribution in [-0.4, -0.2) is 22.4 Å². The van der Waals surface area contributed by atoms with E-state index in [0.29, 0.717) is 12.2 Å². The maximum atomic E-state index is 12.4. The first-order valence-electron chi connectivity index (χ1n) is 6.24. The maximum Gasteiger partial charge on any atom is 0.270 e. The zero-order chi connectivity index (χ0) is 13.8. The molecule has 0 radical (unpaired) electrons. The van der Waals surface area contributed by atoms with Crippen molar-refractivity contribution >= 4 is 21.8 Å². The van der Waals surface area contributed by atoms with Crippen LogP contribution < -0.4 is 0 Å². The van der Waals surface area contributed by atoms with Gasteiger partial charge in [-0.1, -0.05) is 6.92 Å². The Morgan fingerprint density at radius 1 is 1.53 bits per heavy atom.